The van der Waals surface area contributed by atoms with Crippen molar-refractivity contribution < 1.29 is 163 Å². The van der Waals surface area contributed by atoms with Crippen molar-refractivity contribution >= 4 is 98.2 Å². The SMILES string of the molecule is CCCc1ccc(C)n1-c1ccc(Nc2ccc(N=Nc3n(C)cc[n+]3C)cc2)cc1.CCOC(=O)c1cc(-c2ccc(Cl)cc2)n(-c2ccc(Nc3ccc(N=Nc4n(C)cc[n+]4C)cc3)cc2)c1C.COc1ccc(Cc2ccc(N=Nc3n(C)cc[n+]3C)cc2)cc1.Cc1ccc(-c2ccccc2)n1-c1ccc(Nc2ccc(N=Nc3n(C)cc[n+]3C)cc2)cc1.[Y].[Y].[Y].[Y]. The van der Waals surface area contributed by atoms with Crippen LogP contribution in [0.1, 0.15) is 64.5 Å². The van der Waals surface area contributed by atoms with Gasteiger partial charge in [-0.05, 0) is 275 Å². The molecule has 0 fully saturated rings. The normalized spacial score (nSPS) is 10.9. The molecule has 0 amide bonds. The summed E-state index contributed by atoms with van der Waals surface area (Å²) >= 11 is 6.13. The molecule has 25 nitrogen and oxygen atoms in total. The van der Waals surface area contributed by atoms with Crippen LogP contribution in [0.2, 0.25) is 5.02 Å². The smallest absolute Gasteiger partial charge is 0.421 e. The van der Waals surface area contributed by atoms with Crippen LogP contribution in [0, 0.1) is 20.8 Å². The van der Waals surface area contributed by atoms with E-state index in [1.807, 2.05) is 307 Å². The topological polar surface area (TPSA) is 221 Å². The first-order valence-corrected chi connectivity index (χ1v) is 42.9. The van der Waals surface area contributed by atoms with Gasteiger partial charge in [-0.3, -0.25) is 0 Å². The fourth-order valence-corrected chi connectivity index (χ4v) is 14.8. The third kappa shape index (κ3) is 27.5. The number of nitrogens with zero attached hydrogens (tertiary/aromatic N) is 19. The molecule has 0 aliphatic carbocycles. The molecule has 0 unspecified atom stereocenters. The molecule has 133 heavy (non-hydrogen) atoms. The van der Waals surface area contributed by atoms with E-state index in [0.717, 1.165) is 134 Å². The van der Waals surface area contributed by atoms with Gasteiger partial charge in [0.1, 0.15) is 28.5 Å². The Morgan fingerprint density at radius 2 is 0.714 bits per heavy atom. The molecule has 17 aromatic rings. The zero-order valence-corrected chi connectivity index (χ0v) is 89.5. The van der Waals surface area contributed by atoms with Crippen LogP contribution in [0.25, 0.3) is 39.6 Å². The molecule has 4 radical (unpaired) electrons. The molecule has 0 aliphatic heterocycles. The van der Waals surface area contributed by atoms with E-state index >= 15 is 0 Å². The van der Waals surface area contributed by atoms with Crippen LogP contribution in [0.4, 0.5) is 80.7 Å². The number of benzene rings is 10. The number of anilines is 6. The van der Waals surface area contributed by atoms with E-state index in [9.17, 15) is 4.79 Å². The van der Waals surface area contributed by atoms with Gasteiger partial charge in [-0.15, -0.1) is 0 Å². The van der Waals surface area contributed by atoms with Crippen molar-refractivity contribution in [3.63, 3.8) is 0 Å². The average molecular weight is 2090 g/mol. The summed E-state index contributed by atoms with van der Waals surface area (Å²) in [6.45, 7) is 10.5. The summed E-state index contributed by atoms with van der Waals surface area (Å²) in [4.78, 5) is 12.7. The monoisotopic (exact) mass is 2090 g/mol. The zero-order valence-electron chi connectivity index (χ0n) is 77.4. The predicted octanol–water partition coefficient (Wildman–Crippen LogP) is 24.3. The number of halogens is 1. The molecule has 0 atom stereocenters. The second kappa shape index (κ2) is 50.1. The molecule has 0 aliphatic rings. The number of hydrogen-bond donors (Lipinski definition) is 3. The fourth-order valence-electron chi connectivity index (χ4n) is 14.7. The molecular weight excluding hydrogens is 1980 g/mol. The van der Waals surface area contributed by atoms with Crippen LogP contribution in [-0.4, -0.2) is 51.7 Å². The van der Waals surface area contributed by atoms with Gasteiger partial charge in [0.2, 0.25) is 0 Å². The number of ether oxygens (including phenoxy) is 2. The van der Waals surface area contributed by atoms with Crippen molar-refractivity contribution in [2.45, 2.75) is 53.9 Å². The van der Waals surface area contributed by atoms with Crippen LogP contribution in [0.5, 0.6) is 5.75 Å². The van der Waals surface area contributed by atoms with E-state index in [-0.39, 0.29) is 137 Å². The Labute approximate surface area is 883 Å². The number of rotatable bonds is 26. The van der Waals surface area contributed by atoms with Gasteiger partial charge in [0.25, 0.3) is 0 Å². The van der Waals surface area contributed by atoms with E-state index in [4.69, 9.17) is 21.1 Å². The Kier molecular flexibility index (Phi) is 39.1. The molecule has 10 aromatic carbocycles. The molecule has 662 valence electrons. The molecule has 7 aromatic heterocycles. The minimum Gasteiger partial charge on any atom is -0.497 e. The Morgan fingerprint density at radius 1 is 0.376 bits per heavy atom. The first-order chi connectivity index (χ1) is 62.6. The minimum atomic E-state index is -0.340. The molecule has 0 spiro atoms. The third-order valence-electron chi connectivity index (χ3n) is 21.6. The number of aryl methyl sites for hydroxylation is 11. The van der Waals surface area contributed by atoms with Gasteiger partial charge < -0.3 is 39.1 Å². The summed E-state index contributed by atoms with van der Waals surface area (Å²) < 4.78 is 32.6. The standard InChI is InChI=1S/C31H29ClN6O2.C28H26N6.C25H28N6.C19H21N4O.4Y/c1-5-40-30(39)28-20-29(22-6-8-23(32)9-7-22)38(21(28)2)27-16-14-25(15-17-27)33-24-10-12-26(13-11-24)34-35-31-36(3)18-19-37(31)4;1-21-9-18-27(22-7-5-4-6-8-22)34(21)26-16-14-24(15-17-26)29-23-10-12-25(13-11-23)30-31-28-32(2)19-20-33(28)3;1-5-6-23-14-7-19(2)31(23)24-15-12-21(13-16-24)26-20-8-10-22(11-9-20)27-28-25-29(3)17-18-30(25)4;1-22-12-13-23(2)19(22)21-20-17-8-4-15(5-9-17)14-16-6-10-18(24-3)11-7-16;;;;/h6-20H,5H2,1-4H3;4-20H,1-3H3;7-18H,5-6H2,1-4H3;4-13H,14H2,1-3H3;;;;/q;;;+1;;;;/p+3. The van der Waals surface area contributed by atoms with Gasteiger partial charge in [0.15, 0.2) is 0 Å². The van der Waals surface area contributed by atoms with Crippen molar-refractivity contribution in [3.05, 3.63) is 373 Å². The fraction of sp³-hybridized carbons (Fsp3) is 0.175. The van der Waals surface area contributed by atoms with Gasteiger partial charge in [-0.2, -0.15) is 0 Å². The maximum Gasteiger partial charge on any atom is 0.421 e. The van der Waals surface area contributed by atoms with E-state index in [1.54, 1.807) is 14.0 Å². The number of imidazole rings is 4. The summed E-state index contributed by atoms with van der Waals surface area (Å²) in [5, 5.41) is 45.7. The van der Waals surface area contributed by atoms with Crippen LogP contribution < -0.4 is 39.0 Å². The molecule has 0 saturated carbocycles. The van der Waals surface area contributed by atoms with E-state index in [0.29, 0.717) is 17.2 Å². The Bertz CT molecular complexity index is 6660. The first-order valence-electron chi connectivity index (χ1n) is 42.5. The minimum absolute atomic E-state index is 0. The van der Waals surface area contributed by atoms with E-state index in [2.05, 4.69) is 213 Å². The van der Waals surface area contributed by atoms with Crippen molar-refractivity contribution in [2.24, 2.45) is 97.3 Å². The molecule has 30 heteroatoms. The van der Waals surface area contributed by atoms with Crippen molar-refractivity contribution in [3.8, 4) is 45.3 Å². The predicted molar refractivity (Wildman–Crippen MR) is 512 cm³/mol. The van der Waals surface area contributed by atoms with Gasteiger partial charge in [0, 0.05) is 230 Å². The van der Waals surface area contributed by atoms with Crippen LogP contribution in [-0.2, 0) is 205 Å². The third-order valence-corrected chi connectivity index (χ3v) is 21.9. The number of carbonyl (C=O) groups is 1. The molecule has 3 N–H and O–H groups in total. The van der Waals surface area contributed by atoms with Crippen molar-refractivity contribution in [1.82, 2.24) is 32.0 Å². The van der Waals surface area contributed by atoms with Crippen LogP contribution in [0.3, 0.4) is 0 Å². The maximum atomic E-state index is 12.7. The Hall–Kier alpha value is -11.3. The summed E-state index contributed by atoms with van der Waals surface area (Å²) in [6.07, 6.45) is 18.7. The quantitative estimate of drug-likeness (QED) is 0.0272. The summed E-state index contributed by atoms with van der Waals surface area (Å²) in [5.41, 5.74) is 24.3. The summed E-state index contributed by atoms with van der Waals surface area (Å²) in [6, 6.07) is 93.7. The molecule has 7 heterocycles. The van der Waals surface area contributed by atoms with Gasteiger partial charge >= 0.3 is 29.8 Å². The van der Waals surface area contributed by atoms with Gasteiger partial charge in [0.05, 0.1) is 137 Å². The maximum absolute atomic E-state index is 12.7. The van der Waals surface area contributed by atoms with Crippen molar-refractivity contribution in [2.75, 3.05) is 29.7 Å². The molecule has 0 saturated heterocycles. The van der Waals surface area contributed by atoms with Crippen LogP contribution >= 0.6 is 11.6 Å². The van der Waals surface area contributed by atoms with E-state index < -0.39 is 0 Å². The summed E-state index contributed by atoms with van der Waals surface area (Å²) in [5.74, 6) is 3.68. The Morgan fingerprint density at radius 3 is 1.08 bits per heavy atom. The van der Waals surface area contributed by atoms with Crippen LogP contribution in [0.15, 0.2) is 370 Å². The Balaban J connectivity index is 0.000000184. The molecule has 0 bridgehead atoms. The molecular formula is C103H107ClN22O3Y4+4. The summed E-state index contributed by atoms with van der Waals surface area (Å²) in [7, 11) is 17.3. The first kappa shape index (κ1) is 104. The average Bonchev–Trinajstić information content (AvgIpc) is 1.62. The number of nitrogens with one attached hydrogen (secondary N) is 3. The van der Waals surface area contributed by atoms with Gasteiger partial charge in [-0.1, -0.05) is 112 Å². The molecule has 17 rings (SSSR count). The number of aromatic nitrogens is 11. The number of methoxy groups -OCH3 is 1. The van der Waals surface area contributed by atoms with Gasteiger partial charge in [-0.25, -0.2) is 41.3 Å². The number of esters is 1. The second-order valence-electron chi connectivity index (χ2n) is 31.1. The zero-order chi connectivity index (χ0) is 90.5. The number of carbonyl (C=O) groups excluding carboxylic acids is 1. The van der Waals surface area contributed by atoms with Crippen molar-refractivity contribution in [1.29, 1.82) is 0 Å². The number of hydrogen-bond acceptors (Lipinski definition) is 14. The van der Waals surface area contributed by atoms with E-state index in [1.165, 1.54) is 45.2 Å². The largest absolute Gasteiger partial charge is 0.497 e. The number of azo groups is 4. The second-order valence-corrected chi connectivity index (χ2v) is 31.6.